The van der Waals surface area contributed by atoms with Crippen molar-refractivity contribution >= 4 is 5.78 Å². The van der Waals surface area contributed by atoms with Crippen LogP contribution in [0.1, 0.15) is 16.7 Å². The standard InChI is InChI=1S/C20H12F6N4/c1-11-2-4-12(5-3-11)17-28-18-27-7-6-16(30(18)29-17)13-8-14(19(21,22)23)10-15(9-13)20(24,25)26/h2-10H,1H3. The molecule has 2 aromatic carbocycles. The predicted octanol–water partition coefficient (Wildman–Crippen LogP) is 5.80. The molecule has 0 fully saturated rings. The van der Waals surface area contributed by atoms with Crippen molar-refractivity contribution in [3.05, 3.63) is 71.4 Å². The Morgan fingerprint density at radius 1 is 0.767 bits per heavy atom. The summed E-state index contributed by atoms with van der Waals surface area (Å²) in [6.07, 6.45) is -8.64. The second-order valence-corrected chi connectivity index (χ2v) is 6.64. The highest BCUT2D eigenvalue weighted by atomic mass is 19.4. The van der Waals surface area contributed by atoms with E-state index in [4.69, 9.17) is 0 Å². The van der Waals surface area contributed by atoms with Crippen molar-refractivity contribution in [1.82, 2.24) is 19.6 Å². The first-order valence-corrected chi connectivity index (χ1v) is 8.61. The van der Waals surface area contributed by atoms with Gasteiger partial charge in [-0.1, -0.05) is 29.8 Å². The number of hydrogen-bond acceptors (Lipinski definition) is 3. The summed E-state index contributed by atoms with van der Waals surface area (Å²) in [6.45, 7) is 1.90. The molecule has 0 aliphatic carbocycles. The highest BCUT2D eigenvalue weighted by Crippen LogP contribution is 2.38. The van der Waals surface area contributed by atoms with Gasteiger partial charge >= 0.3 is 12.4 Å². The van der Waals surface area contributed by atoms with Crippen LogP contribution in [0.25, 0.3) is 28.4 Å². The first kappa shape index (κ1) is 19.9. The van der Waals surface area contributed by atoms with Gasteiger partial charge in [-0.05, 0) is 31.2 Å². The molecule has 4 nitrogen and oxygen atoms in total. The van der Waals surface area contributed by atoms with Crippen LogP contribution in [-0.2, 0) is 12.4 Å². The number of rotatable bonds is 2. The number of hydrogen-bond donors (Lipinski definition) is 0. The SMILES string of the molecule is Cc1ccc(-c2nc3nccc(-c4cc(C(F)(F)F)cc(C(F)(F)F)c4)n3n2)cc1. The van der Waals surface area contributed by atoms with E-state index in [1.165, 1.54) is 12.3 Å². The molecule has 0 N–H and O–H groups in total. The van der Waals surface area contributed by atoms with Gasteiger partial charge in [-0.25, -0.2) is 4.98 Å². The molecular weight excluding hydrogens is 410 g/mol. The van der Waals surface area contributed by atoms with Gasteiger partial charge in [0.15, 0.2) is 5.82 Å². The third-order valence-electron chi connectivity index (χ3n) is 4.43. The van der Waals surface area contributed by atoms with Crippen LogP contribution in [0.15, 0.2) is 54.7 Å². The molecule has 0 saturated heterocycles. The Morgan fingerprint density at radius 2 is 1.37 bits per heavy atom. The molecule has 10 heteroatoms. The third-order valence-corrected chi connectivity index (χ3v) is 4.43. The monoisotopic (exact) mass is 422 g/mol. The number of benzene rings is 2. The molecule has 0 spiro atoms. The number of alkyl halides is 6. The zero-order valence-corrected chi connectivity index (χ0v) is 15.3. The van der Waals surface area contributed by atoms with Crippen LogP contribution >= 0.6 is 0 Å². The largest absolute Gasteiger partial charge is 0.416 e. The zero-order chi connectivity index (χ0) is 21.7. The number of aryl methyl sites for hydroxylation is 1. The fraction of sp³-hybridized carbons (Fsp3) is 0.150. The minimum atomic E-state index is -4.95. The van der Waals surface area contributed by atoms with Crippen LogP contribution in [0.5, 0.6) is 0 Å². The number of fused-ring (bicyclic) bond motifs is 1. The van der Waals surface area contributed by atoms with E-state index in [2.05, 4.69) is 15.1 Å². The molecule has 0 aliphatic heterocycles. The lowest BCUT2D eigenvalue weighted by molar-refractivity contribution is -0.143. The summed E-state index contributed by atoms with van der Waals surface area (Å²) < 4.78 is 80.4. The van der Waals surface area contributed by atoms with Crippen LogP contribution in [-0.4, -0.2) is 19.6 Å². The van der Waals surface area contributed by atoms with Gasteiger partial charge in [0, 0.05) is 17.3 Å². The lowest BCUT2D eigenvalue weighted by Crippen LogP contribution is -2.11. The van der Waals surface area contributed by atoms with E-state index in [1.807, 2.05) is 19.1 Å². The summed E-state index contributed by atoms with van der Waals surface area (Å²) in [4.78, 5) is 8.26. The molecule has 0 amide bonds. The van der Waals surface area contributed by atoms with Crippen LogP contribution < -0.4 is 0 Å². The molecule has 0 bridgehead atoms. The Bertz CT molecular complexity index is 1190. The van der Waals surface area contributed by atoms with E-state index in [9.17, 15) is 26.3 Å². The first-order valence-electron chi connectivity index (χ1n) is 8.61. The number of halogens is 6. The predicted molar refractivity (Wildman–Crippen MR) is 96.4 cm³/mol. The molecule has 4 aromatic rings. The summed E-state index contributed by atoms with van der Waals surface area (Å²) in [5.74, 6) is 0.298. The van der Waals surface area contributed by atoms with Crippen molar-refractivity contribution in [2.24, 2.45) is 0 Å². The molecule has 0 unspecified atom stereocenters. The minimum absolute atomic E-state index is 0.00228. The van der Waals surface area contributed by atoms with Crippen molar-refractivity contribution in [3.63, 3.8) is 0 Å². The highest BCUT2D eigenvalue weighted by molar-refractivity contribution is 5.65. The van der Waals surface area contributed by atoms with Crippen LogP contribution in [0.3, 0.4) is 0 Å². The summed E-state index contributed by atoms with van der Waals surface area (Å²) >= 11 is 0. The van der Waals surface area contributed by atoms with E-state index in [0.29, 0.717) is 17.7 Å². The average Bonchev–Trinajstić information content (AvgIpc) is 3.11. The maximum atomic E-state index is 13.2. The van der Waals surface area contributed by atoms with Crippen LogP contribution in [0, 0.1) is 6.92 Å². The van der Waals surface area contributed by atoms with Gasteiger partial charge in [0.1, 0.15) is 0 Å². The Balaban J connectivity index is 1.92. The second kappa shape index (κ2) is 6.82. The summed E-state index contributed by atoms with van der Waals surface area (Å²) in [7, 11) is 0. The van der Waals surface area contributed by atoms with E-state index in [0.717, 1.165) is 10.1 Å². The van der Waals surface area contributed by atoms with Gasteiger partial charge < -0.3 is 0 Å². The maximum absolute atomic E-state index is 13.2. The van der Waals surface area contributed by atoms with Gasteiger partial charge in [0.25, 0.3) is 5.78 Å². The molecule has 154 valence electrons. The van der Waals surface area contributed by atoms with Gasteiger partial charge in [-0.15, -0.1) is 5.10 Å². The molecule has 2 aromatic heterocycles. The van der Waals surface area contributed by atoms with Crippen molar-refractivity contribution in [2.75, 3.05) is 0 Å². The lowest BCUT2D eigenvalue weighted by atomic mass is 10.0. The normalized spacial score (nSPS) is 12.5. The fourth-order valence-electron chi connectivity index (χ4n) is 2.94. The van der Waals surface area contributed by atoms with Crippen LogP contribution in [0.4, 0.5) is 26.3 Å². The molecule has 0 atom stereocenters. The quantitative estimate of drug-likeness (QED) is 0.383. The van der Waals surface area contributed by atoms with Gasteiger partial charge in [-0.2, -0.15) is 35.8 Å². The Labute approximate surface area is 165 Å². The topological polar surface area (TPSA) is 43.1 Å². The molecule has 0 radical (unpaired) electrons. The average molecular weight is 422 g/mol. The highest BCUT2D eigenvalue weighted by Gasteiger charge is 2.37. The zero-order valence-electron chi connectivity index (χ0n) is 15.3. The van der Waals surface area contributed by atoms with Crippen molar-refractivity contribution in [1.29, 1.82) is 0 Å². The smallest absolute Gasteiger partial charge is 0.220 e. The molecule has 0 saturated carbocycles. The Kier molecular flexibility index (Phi) is 4.52. The molecule has 30 heavy (non-hydrogen) atoms. The second-order valence-electron chi connectivity index (χ2n) is 6.64. The minimum Gasteiger partial charge on any atom is -0.220 e. The van der Waals surface area contributed by atoms with Crippen molar-refractivity contribution in [2.45, 2.75) is 19.3 Å². The van der Waals surface area contributed by atoms with Gasteiger partial charge in [-0.3, -0.25) is 0 Å². The molecule has 4 rings (SSSR count). The van der Waals surface area contributed by atoms with Crippen molar-refractivity contribution < 1.29 is 26.3 Å². The molecule has 0 aliphatic rings. The van der Waals surface area contributed by atoms with Crippen LogP contribution in [0.2, 0.25) is 0 Å². The van der Waals surface area contributed by atoms with E-state index >= 15 is 0 Å². The van der Waals surface area contributed by atoms with E-state index < -0.39 is 23.5 Å². The van der Waals surface area contributed by atoms with E-state index in [1.54, 1.807) is 12.1 Å². The maximum Gasteiger partial charge on any atom is 0.416 e. The van der Waals surface area contributed by atoms with E-state index in [-0.39, 0.29) is 28.9 Å². The molecule has 2 heterocycles. The lowest BCUT2D eigenvalue weighted by Gasteiger charge is -2.14. The fourth-order valence-corrected chi connectivity index (χ4v) is 2.94. The Hall–Kier alpha value is -3.43. The van der Waals surface area contributed by atoms with Gasteiger partial charge in [0.05, 0.1) is 16.8 Å². The van der Waals surface area contributed by atoms with Gasteiger partial charge in [0.2, 0.25) is 0 Å². The summed E-state index contributed by atoms with van der Waals surface area (Å²) in [5, 5.41) is 4.25. The summed E-state index contributed by atoms with van der Waals surface area (Å²) in [5.41, 5.74) is -1.47. The first-order chi connectivity index (χ1) is 14.0. The summed E-state index contributed by atoms with van der Waals surface area (Å²) in [6, 6.07) is 9.85. The number of aromatic nitrogens is 4. The number of nitrogens with zero attached hydrogens (tertiary/aromatic N) is 4. The van der Waals surface area contributed by atoms with Crippen molar-refractivity contribution in [3.8, 4) is 22.6 Å². The Morgan fingerprint density at radius 3 is 1.93 bits per heavy atom. The molecular formula is C20H12F6N4. The third kappa shape index (κ3) is 3.72.